The molecule has 35 heavy (non-hydrogen) atoms. The third kappa shape index (κ3) is 3.21. The summed E-state index contributed by atoms with van der Waals surface area (Å²) < 4.78 is 23.2. The van der Waals surface area contributed by atoms with Crippen LogP contribution in [0.5, 0.6) is 0 Å². The van der Waals surface area contributed by atoms with Crippen LogP contribution in [0.3, 0.4) is 0 Å². The summed E-state index contributed by atoms with van der Waals surface area (Å²) in [6.45, 7) is 6.06. The van der Waals surface area contributed by atoms with Gasteiger partial charge in [0.2, 0.25) is 5.78 Å². The lowest BCUT2D eigenvalue weighted by molar-refractivity contribution is -0.227. The van der Waals surface area contributed by atoms with Gasteiger partial charge in [-0.15, -0.1) is 0 Å². The molecule has 192 valence electrons. The number of hydrogen-bond acceptors (Lipinski definition) is 7. The number of Topliss-reactive ketones (excluding diaryl/α,β-unsaturated/α-hetero) is 2. The highest BCUT2D eigenvalue weighted by atomic mass is 19.1. The van der Waals surface area contributed by atoms with Crippen molar-refractivity contribution in [1.82, 2.24) is 0 Å². The lowest BCUT2D eigenvalue weighted by atomic mass is 9.44. The normalized spacial score (nSPS) is 44.3. The maximum absolute atomic E-state index is 17.3. The van der Waals surface area contributed by atoms with E-state index in [2.05, 4.69) is 0 Å². The topological polar surface area (TPSA) is 118 Å². The monoisotopic (exact) mass is 490 g/mol. The number of aliphatic hydroxyl groups is 2. The molecular weight excluding hydrogens is 455 g/mol. The maximum Gasteiger partial charge on any atom is 0.306 e. The van der Waals surface area contributed by atoms with Crippen LogP contribution in [0.15, 0.2) is 23.8 Å². The number of ketones is 3. The highest BCUT2D eigenvalue weighted by Crippen LogP contribution is 2.71. The van der Waals surface area contributed by atoms with Crippen molar-refractivity contribution < 1.29 is 38.5 Å². The zero-order valence-electron chi connectivity index (χ0n) is 20.8. The summed E-state index contributed by atoms with van der Waals surface area (Å²) in [5, 5.41) is 21.3. The molecule has 3 saturated carbocycles. The fraction of sp³-hybridized carbons (Fsp3) is 0.704. The number of unbranched alkanes of at least 4 members (excludes halogenated alkanes) is 1. The van der Waals surface area contributed by atoms with Crippen LogP contribution in [0.1, 0.15) is 66.2 Å². The van der Waals surface area contributed by atoms with Crippen LogP contribution in [0.25, 0.3) is 0 Å². The average molecular weight is 491 g/mol. The third-order valence-electron chi connectivity index (χ3n) is 9.59. The molecule has 0 aromatic heterocycles. The first kappa shape index (κ1) is 25.9. The Morgan fingerprint density at radius 3 is 2.54 bits per heavy atom. The van der Waals surface area contributed by atoms with Crippen molar-refractivity contribution in [3.05, 3.63) is 23.8 Å². The Balaban J connectivity index is 1.84. The van der Waals surface area contributed by atoms with Gasteiger partial charge in [0.05, 0.1) is 11.5 Å². The zero-order valence-corrected chi connectivity index (χ0v) is 20.8. The molecule has 0 unspecified atom stereocenters. The van der Waals surface area contributed by atoms with E-state index >= 15 is 4.39 Å². The van der Waals surface area contributed by atoms with Gasteiger partial charge in [-0.25, -0.2) is 4.39 Å². The Kier molecular flexibility index (Phi) is 6.24. The summed E-state index contributed by atoms with van der Waals surface area (Å²) in [5.74, 6) is -4.10. The molecular formula is C27H35FO7. The maximum atomic E-state index is 17.3. The molecule has 0 radical (unpaired) electrons. The number of hydrogen-bond donors (Lipinski definition) is 2. The molecule has 0 bridgehead atoms. The van der Waals surface area contributed by atoms with Crippen molar-refractivity contribution in [2.75, 3.05) is 6.61 Å². The van der Waals surface area contributed by atoms with Gasteiger partial charge in [-0.05, 0) is 44.3 Å². The van der Waals surface area contributed by atoms with E-state index in [0.29, 0.717) is 6.42 Å². The Bertz CT molecular complexity index is 1030. The number of halogens is 1. The van der Waals surface area contributed by atoms with Gasteiger partial charge in [-0.3, -0.25) is 19.2 Å². The largest absolute Gasteiger partial charge is 0.450 e. The number of rotatable bonds is 6. The predicted molar refractivity (Wildman–Crippen MR) is 124 cm³/mol. The number of ether oxygens (including phenoxy) is 1. The first-order valence-corrected chi connectivity index (χ1v) is 12.5. The van der Waals surface area contributed by atoms with Gasteiger partial charge in [0.1, 0.15) is 6.61 Å². The lowest BCUT2D eigenvalue weighted by Gasteiger charge is -2.62. The molecule has 0 amide bonds. The smallest absolute Gasteiger partial charge is 0.306 e. The summed E-state index contributed by atoms with van der Waals surface area (Å²) in [6.07, 6.45) is 3.47. The number of carbonyl (C=O) groups is 4. The first-order valence-electron chi connectivity index (χ1n) is 12.5. The molecule has 4 rings (SSSR count). The number of aliphatic hydroxyl groups excluding tert-OH is 2. The van der Waals surface area contributed by atoms with Gasteiger partial charge >= 0.3 is 5.97 Å². The molecule has 2 N–H and O–H groups in total. The van der Waals surface area contributed by atoms with Gasteiger partial charge < -0.3 is 14.9 Å². The average Bonchev–Trinajstić information content (AvgIpc) is 3.02. The Morgan fingerprint density at radius 2 is 1.91 bits per heavy atom. The molecule has 4 aliphatic rings. The fourth-order valence-corrected chi connectivity index (χ4v) is 7.90. The Hall–Kier alpha value is -2.19. The number of esters is 1. The second-order valence-electron chi connectivity index (χ2n) is 11.3. The molecule has 4 aliphatic carbocycles. The first-order chi connectivity index (χ1) is 16.3. The van der Waals surface area contributed by atoms with Gasteiger partial charge in [0.25, 0.3) is 0 Å². The van der Waals surface area contributed by atoms with Crippen molar-refractivity contribution in [3.8, 4) is 0 Å². The van der Waals surface area contributed by atoms with E-state index in [1.807, 2.05) is 6.92 Å². The van der Waals surface area contributed by atoms with Crippen molar-refractivity contribution in [1.29, 1.82) is 0 Å². The highest BCUT2D eigenvalue weighted by molar-refractivity contribution is 6.10. The molecule has 3 fully saturated rings. The van der Waals surface area contributed by atoms with Crippen molar-refractivity contribution in [2.24, 2.45) is 28.6 Å². The van der Waals surface area contributed by atoms with E-state index < -0.39 is 70.1 Å². The molecule has 8 heteroatoms. The molecule has 0 spiro atoms. The summed E-state index contributed by atoms with van der Waals surface area (Å²) in [7, 11) is 0. The Labute approximate surface area is 204 Å². The number of alkyl halides is 1. The number of carbonyl (C=O) groups excluding carboxylic acids is 4. The second-order valence-corrected chi connectivity index (χ2v) is 11.3. The molecule has 0 saturated heterocycles. The van der Waals surface area contributed by atoms with E-state index in [-0.39, 0.29) is 37.0 Å². The van der Waals surface area contributed by atoms with E-state index in [4.69, 9.17) is 4.74 Å². The molecule has 7 nitrogen and oxygen atoms in total. The van der Waals surface area contributed by atoms with Gasteiger partial charge in [0, 0.05) is 35.7 Å². The van der Waals surface area contributed by atoms with E-state index in [9.17, 15) is 29.4 Å². The second kappa shape index (κ2) is 8.44. The minimum Gasteiger partial charge on any atom is -0.450 e. The van der Waals surface area contributed by atoms with Gasteiger partial charge in [-0.2, -0.15) is 0 Å². The molecule has 0 aliphatic heterocycles. The zero-order chi connectivity index (χ0) is 26.0. The van der Waals surface area contributed by atoms with Crippen LogP contribution in [-0.2, 0) is 23.9 Å². The lowest BCUT2D eigenvalue weighted by Crippen LogP contribution is -2.71. The highest BCUT2D eigenvalue weighted by Gasteiger charge is 2.77. The minimum absolute atomic E-state index is 0.0566. The van der Waals surface area contributed by atoms with Gasteiger partial charge in [0.15, 0.2) is 22.8 Å². The van der Waals surface area contributed by atoms with Crippen LogP contribution < -0.4 is 0 Å². The number of allylic oxidation sites excluding steroid dienone is 4. The predicted octanol–water partition coefficient (Wildman–Crippen LogP) is 2.82. The van der Waals surface area contributed by atoms with Crippen molar-refractivity contribution in [2.45, 2.75) is 83.6 Å². The van der Waals surface area contributed by atoms with E-state index in [1.54, 1.807) is 13.8 Å². The number of fused-ring (bicyclic) bond motifs is 5. The summed E-state index contributed by atoms with van der Waals surface area (Å²) in [6, 6.07) is 0. The molecule has 0 heterocycles. The third-order valence-corrected chi connectivity index (χ3v) is 9.59. The van der Waals surface area contributed by atoms with Crippen LogP contribution >= 0.6 is 0 Å². The molecule has 0 aromatic carbocycles. The van der Waals surface area contributed by atoms with E-state index in [1.165, 1.54) is 19.1 Å². The molecule has 8 atom stereocenters. The molecule has 0 aromatic rings. The van der Waals surface area contributed by atoms with E-state index in [0.717, 1.165) is 12.5 Å². The van der Waals surface area contributed by atoms with Crippen LogP contribution in [0.4, 0.5) is 4.39 Å². The SMILES string of the molecule is CCCCC(=O)O[C@@]1(C(=O)CO)[C@H](C)C[C@H]2[C@@H]3CC(=O)C4=CC(=O)C=C[C@]4(C)[C@@]3(F)[C@@H](O)C[C@@]21C. The van der Waals surface area contributed by atoms with Crippen LogP contribution in [0.2, 0.25) is 0 Å². The Morgan fingerprint density at radius 1 is 1.23 bits per heavy atom. The van der Waals surface area contributed by atoms with Crippen molar-refractivity contribution >= 4 is 23.3 Å². The standard InChI is InChI=1S/C27H35FO7/c1-5-6-7-23(34)35-27(22(33)14-29)15(2)10-17-18-12-20(31)19-11-16(30)8-9-24(19,3)26(18,28)21(32)13-25(17,27)4/h8-9,11,15,17-18,21,29,32H,5-7,10,12-14H2,1-4H3/t15-,17+,18+,21+,24+,25+,26+,27-/m1/s1. The van der Waals surface area contributed by atoms with Crippen LogP contribution in [-0.4, -0.2) is 57.5 Å². The van der Waals surface area contributed by atoms with Crippen molar-refractivity contribution in [3.63, 3.8) is 0 Å². The summed E-state index contributed by atoms with van der Waals surface area (Å²) in [4.78, 5) is 51.3. The van der Waals surface area contributed by atoms with Gasteiger partial charge in [-0.1, -0.05) is 33.3 Å². The minimum atomic E-state index is -2.27. The van der Waals surface area contributed by atoms with Crippen LogP contribution in [0, 0.1) is 28.6 Å². The quantitative estimate of drug-likeness (QED) is 0.550. The summed E-state index contributed by atoms with van der Waals surface area (Å²) in [5.41, 5.74) is -6.65. The summed E-state index contributed by atoms with van der Waals surface area (Å²) >= 11 is 0. The fourth-order valence-electron chi connectivity index (χ4n) is 7.90.